The summed E-state index contributed by atoms with van der Waals surface area (Å²) in [6.07, 6.45) is 8.21. The van der Waals surface area contributed by atoms with E-state index in [2.05, 4.69) is 31.0 Å². The molecule has 5 aromatic rings. The molecule has 12 nitrogen and oxygen atoms in total. The quantitative estimate of drug-likeness (QED) is 0.178. The van der Waals surface area contributed by atoms with E-state index >= 15 is 4.39 Å². The molecule has 0 saturated carbocycles. The van der Waals surface area contributed by atoms with Crippen LogP contribution in [0.25, 0.3) is 43.8 Å². The Labute approximate surface area is 308 Å². The average molecular weight is 723 g/mol. The largest absolute Gasteiger partial charge is 0.472 e. The van der Waals surface area contributed by atoms with Crippen molar-refractivity contribution in [3.63, 3.8) is 0 Å². The Balaban J connectivity index is 1.32. The second kappa shape index (κ2) is 13.9. The molecule has 3 fully saturated rings. The number of hydrogen-bond acceptors (Lipinski definition) is 8. The van der Waals surface area contributed by atoms with Crippen LogP contribution in [0.3, 0.4) is 0 Å². The lowest BCUT2D eigenvalue weighted by atomic mass is 9.89. The third kappa shape index (κ3) is 5.96. The lowest BCUT2D eigenvalue weighted by molar-refractivity contribution is -0.0366. The zero-order chi connectivity index (χ0) is 37.1. The van der Waals surface area contributed by atoms with Gasteiger partial charge in [-0.25, -0.2) is 18.9 Å². The molecule has 6 heterocycles. The highest BCUT2D eigenvalue weighted by Crippen LogP contribution is 2.44. The summed E-state index contributed by atoms with van der Waals surface area (Å²) in [6, 6.07) is 5.78. The molecular formula is C40H47FN8O4. The van der Waals surface area contributed by atoms with Gasteiger partial charge in [-0.3, -0.25) is 9.58 Å². The van der Waals surface area contributed by atoms with E-state index in [1.54, 1.807) is 6.20 Å². The highest BCUT2D eigenvalue weighted by molar-refractivity contribution is 6.09. The minimum atomic E-state index is -1.03. The van der Waals surface area contributed by atoms with Gasteiger partial charge in [-0.2, -0.15) is 15.5 Å². The minimum absolute atomic E-state index is 0.0793. The van der Waals surface area contributed by atoms with Crippen molar-refractivity contribution >= 4 is 38.8 Å². The number of likely N-dealkylation sites (tertiary alicyclic amines) is 2. The van der Waals surface area contributed by atoms with Crippen molar-refractivity contribution in [1.82, 2.24) is 34.3 Å². The number of piperidine rings is 1. The number of nitrogens with zero attached hydrogens (tertiary/aromatic N) is 8. The number of amides is 1. The van der Waals surface area contributed by atoms with Crippen molar-refractivity contribution in [2.75, 3.05) is 26.7 Å². The highest BCUT2D eigenvalue weighted by atomic mass is 19.1. The molecule has 3 aliphatic heterocycles. The molecule has 13 heteroatoms. The fraction of sp³-hybridized carbons (Fsp3) is 0.525. The first-order valence-electron chi connectivity index (χ1n) is 18.9. The maximum atomic E-state index is 17.7. The Kier molecular flexibility index (Phi) is 9.23. The van der Waals surface area contributed by atoms with Gasteiger partial charge in [-0.1, -0.05) is 0 Å². The Bertz CT molecular complexity index is 2270. The van der Waals surface area contributed by atoms with Crippen LogP contribution in [0.5, 0.6) is 5.88 Å². The first-order valence-corrected chi connectivity index (χ1v) is 18.9. The maximum absolute atomic E-state index is 17.7. The van der Waals surface area contributed by atoms with Crippen LogP contribution in [0.4, 0.5) is 9.18 Å². The van der Waals surface area contributed by atoms with Gasteiger partial charge in [0.25, 0.3) is 0 Å². The summed E-state index contributed by atoms with van der Waals surface area (Å²) in [5, 5.41) is 31.2. The van der Waals surface area contributed by atoms with Crippen LogP contribution in [0, 0.1) is 37.9 Å². The average Bonchev–Trinajstić information content (AvgIpc) is 3.89. The zero-order valence-corrected chi connectivity index (χ0v) is 31.1. The molecule has 1 N–H and O–H groups in total. The minimum Gasteiger partial charge on any atom is -0.472 e. The van der Waals surface area contributed by atoms with Crippen LogP contribution in [-0.2, 0) is 4.74 Å². The van der Waals surface area contributed by atoms with Gasteiger partial charge in [0.2, 0.25) is 5.88 Å². The predicted molar refractivity (Wildman–Crippen MR) is 200 cm³/mol. The van der Waals surface area contributed by atoms with Crippen LogP contribution >= 0.6 is 0 Å². The van der Waals surface area contributed by atoms with Gasteiger partial charge in [0.1, 0.15) is 11.6 Å². The first-order chi connectivity index (χ1) is 25.6. The number of carbonyl (C=O) groups is 1. The van der Waals surface area contributed by atoms with E-state index in [-0.39, 0.29) is 42.9 Å². The summed E-state index contributed by atoms with van der Waals surface area (Å²) in [5.74, 6) is -0.116. The number of aryl methyl sites for hydroxylation is 2. The van der Waals surface area contributed by atoms with E-state index < -0.39 is 18.0 Å². The molecule has 0 aliphatic carbocycles. The lowest BCUT2D eigenvalue weighted by Gasteiger charge is -2.37. The van der Waals surface area contributed by atoms with E-state index in [0.29, 0.717) is 47.2 Å². The van der Waals surface area contributed by atoms with Crippen molar-refractivity contribution in [2.45, 2.75) is 110 Å². The van der Waals surface area contributed by atoms with Crippen molar-refractivity contribution in [3.8, 4) is 23.1 Å². The second-order valence-corrected chi connectivity index (χ2v) is 15.3. The van der Waals surface area contributed by atoms with E-state index in [1.807, 2.05) is 42.4 Å². The number of rotatable bonds is 7. The number of aromatic nitrogens is 5. The molecule has 8 rings (SSSR count). The van der Waals surface area contributed by atoms with Crippen molar-refractivity contribution in [3.05, 3.63) is 47.0 Å². The molecule has 0 radical (unpaired) electrons. The topological polar surface area (TPSA) is 135 Å². The predicted octanol–water partition coefficient (Wildman–Crippen LogP) is 7.82. The number of halogens is 1. The summed E-state index contributed by atoms with van der Waals surface area (Å²) in [4.78, 5) is 20.7. The lowest BCUT2D eigenvalue weighted by Crippen LogP contribution is -2.45. The third-order valence-corrected chi connectivity index (χ3v) is 12.1. The Morgan fingerprint density at radius 3 is 2.55 bits per heavy atom. The summed E-state index contributed by atoms with van der Waals surface area (Å²) < 4.78 is 34.3. The van der Waals surface area contributed by atoms with Crippen LogP contribution in [0.15, 0.2) is 24.5 Å². The first kappa shape index (κ1) is 35.2. The normalized spacial score (nSPS) is 23.2. The van der Waals surface area contributed by atoms with Gasteiger partial charge in [0.05, 0.1) is 53.4 Å². The molecule has 2 unspecified atom stereocenters. The van der Waals surface area contributed by atoms with Gasteiger partial charge in [0, 0.05) is 35.5 Å². The number of ether oxygens (including phenoxy) is 2. The van der Waals surface area contributed by atoms with Gasteiger partial charge in [-0.05, 0) is 121 Å². The molecule has 3 aliphatic rings. The summed E-state index contributed by atoms with van der Waals surface area (Å²) in [5.41, 5.74) is 5.82. The fourth-order valence-electron chi connectivity index (χ4n) is 9.15. The molecule has 5 atom stereocenters. The van der Waals surface area contributed by atoms with Gasteiger partial charge in [0.15, 0.2) is 12.0 Å². The van der Waals surface area contributed by atoms with E-state index in [4.69, 9.17) is 24.7 Å². The Morgan fingerprint density at radius 2 is 1.83 bits per heavy atom. The third-order valence-electron chi connectivity index (χ3n) is 12.1. The number of carboxylic acid groups (broad SMARTS) is 1. The molecule has 278 valence electrons. The van der Waals surface area contributed by atoms with Gasteiger partial charge < -0.3 is 19.5 Å². The zero-order valence-electron chi connectivity index (χ0n) is 31.1. The van der Waals surface area contributed by atoms with Crippen molar-refractivity contribution in [1.29, 1.82) is 5.26 Å². The molecule has 0 bridgehead atoms. The van der Waals surface area contributed by atoms with E-state index in [1.165, 1.54) is 4.90 Å². The van der Waals surface area contributed by atoms with E-state index in [0.717, 1.165) is 71.8 Å². The Morgan fingerprint density at radius 1 is 1.04 bits per heavy atom. The monoisotopic (exact) mass is 722 g/mol. The van der Waals surface area contributed by atoms with Crippen molar-refractivity contribution in [2.24, 2.45) is 0 Å². The molecule has 3 saturated heterocycles. The SMILES string of the molecule is Cc1cc2c(cnn2C2CCCCO2)c(-c2c(C)cc3c(nc(O[C@@H](C)C4CCCN4C)c4cnn([C@H]5CCN(C(=O)O)[C@H](CC#N)C5)c43)c2F)c1C. The number of hydrogen-bond donors (Lipinski definition) is 1. The number of fused-ring (bicyclic) bond motifs is 4. The molecule has 53 heavy (non-hydrogen) atoms. The number of benzene rings is 2. The molecule has 0 spiro atoms. The second-order valence-electron chi connectivity index (χ2n) is 15.3. The molecule has 1 amide bonds. The van der Waals surface area contributed by atoms with Crippen molar-refractivity contribution < 1.29 is 23.8 Å². The molecule has 3 aromatic heterocycles. The summed E-state index contributed by atoms with van der Waals surface area (Å²) in [7, 11) is 2.10. The number of nitriles is 1. The smallest absolute Gasteiger partial charge is 0.407 e. The summed E-state index contributed by atoms with van der Waals surface area (Å²) in [6.45, 7) is 10.0. The van der Waals surface area contributed by atoms with Crippen LogP contribution < -0.4 is 4.74 Å². The number of pyridine rings is 1. The van der Waals surface area contributed by atoms with Crippen LogP contribution in [-0.4, -0.2) is 90.5 Å². The summed E-state index contributed by atoms with van der Waals surface area (Å²) >= 11 is 0. The van der Waals surface area contributed by atoms with Crippen LogP contribution in [0.2, 0.25) is 0 Å². The number of likely N-dealkylation sites (N-methyl/N-ethyl adjacent to an activating group) is 1. The fourth-order valence-corrected chi connectivity index (χ4v) is 9.15. The van der Waals surface area contributed by atoms with Gasteiger partial charge >= 0.3 is 6.09 Å². The van der Waals surface area contributed by atoms with Crippen LogP contribution in [0.1, 0.15) is 87.3 Å². The highest BCUT2D eigenvalue weighted by Gasteiger charge is 2.35. The molecular weight excluding hydrogens is 675 g/mol. The maximum Gasteiger partial charge on any atom is 0.407 e. The molecule has 2 aromatic carbocycles. The Hall–Kier alpha value is -4.80. The van der Waals surface area contributed by atoms with E-state index in [9.17, 15) is 15.2 Å². The standard InChI is InChI=1S/C40H47FN8O4/c1-22-18-32-29(20-44-49(32)33-10-6-7-16-52-33)35(24(22)3)34-23(2)17-28-37(36(34)41)45-39(53-25(4)31-9-8-14-46(31)5)30-21-43-48(38(28)30)27-12-15-47(40(50)51)26(19-27)11-13-42/h17-18,20-21,25-27,31,33H,6-12,14-16,19H2,1-5H3,(H,50,51)/t25-,26+,27-,31?,33?/m0/s1. The van der Waals surface area contributed by atoms with Gasteiger partial charge in [-0.15, -0.1) is 0 Å².